The second kappa shape index (κ2) is 4.42. The summed E-state index contributed by atoms with van der Waals surface area (Å²) in [6.45, 7) is 1.83. The highest BCUT2D eigenvalue weighted by atomic mass is 79.9. The zero-order valence-corrected chi connectivity index (χ0v) is 11.3. The standard InChI is InChI=1S/C12H10BrF3N2/c1-7-8(4-3-5-9(7)13)11-17-10(6-18(11)2)12(14,15)16/h3-6H,1-2H3. The van der Waals surface area contributed by atoms with Gasteiger partial charge in [-0.05, 0) is 18.6 Å². The Kier molecular flexibility index (Phi) is 3.23. The largest absolute Gasteiger partial charge is 0.434 e. The number of nitrogens with zero attached hydrogens (tertiary/aromatic N) is 2. The summed E-state index contributed by atoms with van der Waals surface area (Å²) in [6.07, 6.45) is -3.42. The number of hydrogen-bond acceptors (Lipinski definition) is 1. The molecule has 0 saturated carbocycles. The summed E-state index contributed by atoms with van der Waals surface area (Å²) < 4.78 is 40.0. The van der Waals surface area contributed by atoms with E-state index in [2.05, 4.69) is 20.9 Å². The van der Waals surface area contributed by atoms with Crippen molar-refractivity contribution in [2.45, 2.75) is 13.1 Å². The van der Waals surface area contributed by atoms with Crippen LogP contribution in [0.15, 0.2) is 28.9 Å². The molecule has 0 amide bonds. The number of aromatic nitrogens is 2. The molecule has 2 rings (SSSR count). The van der Waals surface area contributed by atoms with Crippen molar-refractivity contribution in [2.75, 3.05) is 0 Å². The number of benzene rings is 1. The Labute approximate surface area is 111 Å². The molecule has 6 heteroatoms. The van der Waals surface area contributed by atoms with E-state index in [0.29, 0.717) is 11.4 Å². The van der Waals surface area contributed by atoms with Crippen LogP contribution in [0.1, 0.15) is 11.3 Å². The molecular formula is C12H10BrF3N2. The van der Waals surface area contributed by atoms with Gasteiger partial charge in [-0.2, -0.15) is 13.2 Å². The molecule has 0 N–H and O–H groups in total. The number of alkyl halides is 3. The van der Waals surface area contributed by atoms with Gasteiger partial charge in [-0.15, -0.1) is 0 Å². The SMILES string of the molecule is Cc1c(Br)cccc1-c1nc(C(F)(F)F)cn1C. The zero-order valence-electron chi connectivity index (χ0n) is 9.72. The fourth-order valence-corrected chi connectivity index (χ4v) is 2.07. The van der Waals surface area contributed by atoms with E-state index in [0.717, 1.165) is 16.2 Å². The van der Waals surface area contributed by atoms with Crippen molar-refractivity contribution in [1.29, 1.82) is 0 Å². The van der Waals surface area contributed by atoms with Gasteiger partial charge in [-0.3, -0.25) is 0 Å². The van der Waals surface area contributed by atoms with E-state index in [4.69, 9.17) is 0 Å². The molecule has 1 heterocycles. The third-order valence-corrected chi connectivity index (χ3v) is 3.53. The van der Waals surface area contributed by atoms with Gasteiger partial charge in [0.05, 0.1) is 0 Å². The van der Waals surface area contributed by atoms with Gasteiger partial charge in [-0.25, -0.2) is 4.98 Å². The van der Waals surface area contributed by atoms with Crippen molar-refractivity contribution in [3.05, 3.63) is 40.1 Å². The first-order chi connectivity index (χ1) is 8.30. The highest BCUT2D eigenvalue weighted by Gasteiger charge is 2.34. The molecule has 18 heavy (non-hydrogen) atoms. The van der Waals surface area contributed by atoms with Crippen molar-refractivity contribution in [1.82, 2.24) is 9.55 Å². The van der Waals surface area contributed by atoms with Crippen LogP contribution in [0.4, 0.5) is 13.2 Å². The first kappa shape index (κ1) is 13.1. The predicted octanol–water partition coefficient (Wildman–Crippen LogP) is 4.18. The summed E-state index contributed by atoms with van der Waals surface area (Å²) in [7, 11) is 1.55. The van der Waals surface area contributed by atoms with Gasteiger partial charge in [0.25, 0.3) is 0 Å². The Morgan fingerprint density at radius 1 is 1.28 bits per heavy atom. The van der Waals surface area contributed by atoms with Crippen LogP contribution in [0.5, 0.6) is 0 Å². The average Bonchev–Trinajstić information content (AvgIpc) is 2.64. The highest BCUT2D eigenvalue weighted by Crippen LogP contribution is 2.32. The summed E-state index contributed by atoms with van der Waals surface area (Å²) in [5.74, 6) is 0.307. The topological polar surface area (TPSA) is 17.8 Å². The minimum absolute atomic E-state index is 0.307. The van der Waals surface area contributed by atoms with Crippen molar-refractivity contribution >= 4 is 15.9 Å². The van der Waals surface area contributed by atoms with Gasteiger partial charge in [0.1, 0.15) is 5.82 Å². The monoisotopic (exact) mass is 318 g/mol. The highest BCUT2D eigenvalue weighted by molar-refractivity contribution is 9.10. The lowest BCUT2D eigenvalue weighted by molar-refractivity contribution is -0.140. The molecule has 0 unspecified atom stereocenters. The second-order valence-electron chi connectivity index (χ2n) is 3.97. The molecule has 0 saturated heterocycles. The van der Waals surface area contributed by atoms with Crippen molar-refractivity contribution in [3.63, 3.8) is 0 Å². The normalized spacial score (nSPS) is 11.9. The smallest absolute Gasteiger partial charge is 0.333 e. The second-order valence-corrected chi connectivity index (χ2v) is 4.83. The van der Waals surface area contributed by atoms with E-state index >= 15 is 0 Å². The molecule has 1 aromatic heterocycles. The van der Waals surface area contributed by atoms with E-state index in [-0.39, 0.29) is 0 Å². The van der Waals surface area contributed by atoms with E-state index in [1.54, 1.807) is 19.2 Å². The molecule has 0 bridgehead atoms. The minimum Gasteiger partial charge on any atom is -0.333 e. The molecule has 0 aliphatic heterocycles. The number of imidazole rings is 1. The summed E-state index contributed by atoms with van der Waals surface area (Å²) in [4.78, 5) is 3.67. The van der Waals surface area contributed by atoms with Gasteiger partial charge in [0.15, 0.2) is 5.69 Å². The molecule has 1 aromatic carbocycles. The first-order valence-electron chi connectivity index (χ1n) is 5.16. The fraction of sp³-hybridized carbons (Fsp3) is 0.250. The Morgan fingerprint density at radius 3 is 2.50 bits per heavy atom. The maximum absolute atomic E-state index is 12.6. The Balaban J connectivity index is 2.58. The summed E-state index contributed by atoms with van der Waals surface area (Å²) in [5.41, 5.74) is 0.668. The predicted molar refractivity (Wildman–Crippen MR) is 66.1 cm³/mol. The van der Waals surface area contributed by atoms with Gasteiger partial charge >= 0.3 is 6.18 Å². The van der Waals surface area contributed by atoms with Gasteiger partial charge in [0, 0.05) is 23.3 Å². The van der Waals surface area contributed by atoms with Crippen molar-refractivity contribution in [3.8, 4) is 11.4 Å². The maximum Gasteiger partial charge on any atom is 0.434 e. The molecule has 2 aromatic rings. The minimum atomic E-state index is -4.42. The first-order valence-corrected chi connectivity index (χ1v) is 5.96. The zero-order chi connectivity index (χ0) is 13.5. The number of aryl methyl sites for hydroxylation is 1. The van der Waals surface area contributed by atoms with E-state index in [1.165, 1.54) is 4.57 Å². The lowest BCUT2D eigenvalue weighted by atomic mass is 10.1. The average molecular weight is 319 g/mol. The van der Waals surface area contributed by atoms with Gasteiger partial charge in [-0.1, -0.05) is 28.1 Å². The maximum atomic E-state index is 12.6. The number of hydrogen-bond donors (Lipinski definition) is 0. The van der Waals surface area contributed by atoms with Crippen LogP contribution in [-0.2, 0) is 13.2 Å². The Hall–Kier alpha value is -1.30. The summed E-state index contributed by atoms with van der Waals surface area (Å²) >= 11 is 3.35. The third kappa shape index (κ3) is 2.29. The van der Waals surface area contributed by atoms with Crippen LogP contribution in [0.3, 0.4) is 0 Å². The van der Waals surface area contributed by atoms with Crippen LogP contribution in [-0.4, -0.2) is 9.55 Å². The lowest BCUT2D eigenvalue weighted by Crippen LogP contribution is -2.04. The van der Waals surface area contributed by atoms with Crippen molar-refractivity contribution < 1.29 is 13.2 Å². The molecule has 0 radical (unpaired) electrons. The van der Waals surface area contributed by atoms with Gasteiger partial charge in [0.2, 0.25) is 0 Å². The number of rotatable bonds is 1. The molecule has 96 valence electrons. The number of halogens is 4. The van der Waals surface area contributed by atoms with Crippen LogP contribution in [0, 0.1) is 6.92 Å². The van der Waals surface area contributed by atoms with Crippen LogP contribution < -0.4 is 0 Å². The quantitative estimate of drug-likeness (QED) is 0.771. The fourth-order valence-electron chi connectivity index (χ4n) is 1.70. The summed E-state index contributed by atoms with van der Waals surface area (Å²) in [5, 5.41) is 0. The van der Waals surface area contributed by atoms with Crippen molar-refractivity contribution in [2.24, 2.45) is 7.05 Å². The molecule has 0 aliphatic carbocycles. The molecule has 0 spiro atoms. The lowest BCUT2D eigenvalue weighted by Gasteiger charge is -2.07. The summed E-state index contributed by atoms with van der Waals surface area (Å²) in [6, 6.07) is 5.36. The molecule has 2 nitrogen and oxygen atoms in total. The molecule has 0 atom stereocenters. The molecular weight excluding hydrogens is 309 g/mol. The van der Waals surface area contributed by atoms with Crippen LogP contribution in [0.25, 0.3) is 11.4 Å². The van der Waals surface area contributed by atoms with E-state index in [9.17, 15) is 13.2 Å². The van der Waals surface area contributed by atoms with Crippen LogP contribution >= 0.6 is 15.9 Å². The third-order valence-electron chi connectivity index (χ3n) is 2.68. The van der Waals surface area contributed by atoms with Gasteiger partial charge < -0.3 is 4.57 Å². The van der Waals surface area contributed by atoms with Crippen LogP contribution in [0.2, 0.25) is 0 Å². The molecule has 0 aliphatic rings. The molecule has 0 fully saturated rings. The Bertz CT molecular complexity index is 587. The Morgan fingerprint density at radius 2 is 1.94 bits per heavy atom. The van der Waals surface area contributed by atoms with E-state index in [1.807, 2.05) is 13.0 Å². The van der Waals surface area contributed by atoms with E-state index < -0.39 is 11.9 Å².